The summed E-state index contributed by atoms with van der Waals surface area (Å²) in [6.07, 6.45) is 0. The molecule has 2 aromatic rings. The molecule has 0 aliphatic heterocycles. The van der Waals surface area contributed by atoms with E-state index < -0.39 is 21.8 Å². The van der Waals surface area contributed by atoms with Crippen molar-refractivity contribution in [2.24, 2.45) is 0 Å². The molecule has 2 amide bonds. The highest BCUT2D eigenvalue weighted by molar-refractivity contribution is 7.89. The van der Waals surface area contributed by atoms with Crippen LogP contribution in [-0.2, 0) is 14.8 Å². The zero-order valence-corrected chi connectivity index (χ0v) is 15.8. The van der Waals surface area contributed by atoms with Crippen molar-refractivity contribution in [3.05, 3.63) is 59.1 Å². The Morgan fingerprint density at radius 1 is 1.08 bits per heavy atom. The van der Waals surface area contributed by atoms with Gasteiger partial charge in [0.1, 0.15) is 0 Å². The van der Waals surface area contributed by atoms with Crippen LogP contribution in [0.2, 0.25) is 5.02 Å². The number of nitrogens with zero attached hydrogens (tertiary/aromatic N) is 1. The molecule has 26 heavy (non-hydrogen) atoms. The van der Waals surface area contributed by atoms with E-state index in [1.807, 2.05) is 0 Å². The maximum Gasteiger partial charge on any atom is 0.251 e. The van der Waals surface area contributed by atoms with Gasteiger partial charge in [0.25, 0.3) is 5.91 Å². The molecule has 2 rings (SSSR count). The molecular weight excluding hydrogens is 378 g/mol. The highest BCUT2D eigenvalue weighted by Crippen LogP contribution is 2.15. The average Bonchev–Trinajstić information content (AvgIpc) is 2.59. The lowest BCUT2D eigenvalue weighted by Gasteiger charge is -2.11. The van der Waals surface area contributed by atoms with Crippen LogP contribution < -0.4 is 10.6 Å². The molecule has 0 radical (unpaired) electrons. The van der Waals surface area contributed by atoms with Crippen LogP contribution in [0.15, 0.2) is 53.4 Å². The molecule has 0 fully saturated rings. The quantitative estimate of drug-likeness (QED) is 0.781. The minimum atomic E-state index is -3.56. The number of halogens is 1. The Morgan fingerprint density at radius 3 is 2.31 bits per heavy atom. The van der Waals surface area contributed by atoms with Gasteiger partial charge >= 0.3 is 0 Å². The summed E-state index contributed by atoms with van der Waals surface area (Å²) < 4.78 is 25.1. The van der Waals surface area contributed by atoms with Crippen LogP contribution in [0.1, 0.15) is 10.4 Å². The van der Waals surface area contributed by atoms with E-state index in [1.165, 1.54) is 38.4 Å². The molecule has 7 nitrogen and oxygen atoms in total. The first-order valence-corrected chi connectivity index (χ1v) is 9.38. The maximum atomic E-state index is 12.1. The van der Waals surface area contributed by atoms with Crippen LogP contribution >= 0.6 is 11.6 Å². The summed E-state index contributed by atoms with van der Waals surface area (Å²) in [6.45, 7) is -0.233. The monoisotopic (exact) mass is 395 g/mol. The second-order valence-electron chi connectivity index (χ2n) is 5.55. The molecule has 0 saturated heterocycles. The molecule has 138 valence electrons. The summed E-state index contributed by atoms with van der Waals surface area (Å²) in [5.74, 6) is -0.896. The van der Waals surface area contributed by atoms with Crippen molar-refractivity contribution in [3.63, 3.8) is 0 Å². The minimum Gasteiger partial charge on any atom is -0.343 e. The van der Waals surface area contributed by atoms with E-state index in [4.69, 9.17) is 11.6 Å². The number of amides is 2. The van der Waals surface area contributed by atoms with Gasteiger partial charge in [-0.2, -0.15) is 0 Å². The third-order valence-electron chi connectivity index (χ3n) is 3.41. The third-order valence-corrected chi connectivity index (χ3v) is 5.48. The summed E-state index contributed by atoms with van der Waals surface area (Å²) in [7, 11) is -0.706. The number of anilines is 1. The van der Waals surface area contributed by atoms with Gasteiger partial charge in [0, 0.05) is 30.4 Å². The Balaban J connectivity index is 1.94. The number of sulfonamides is 1. The van der Waals surface area contributed by atoms with E-state index in [-0.39, 0.29) is 17.0 Å². The largest absolute Gasteiger partial charge is 0.343 e. The van der Waals surface area contributed by atoms with Gasteiger partial charge in [-0.15, -0.1) is 0 Å². The van der Waals surface area contributed by atoms with Gasteiger partial charge in [-0.05, 0) is 42.5 Å². The Kier molecular flexibility index (Phi) is 6.36. The van der Waals surface area contributed by atoms with Crippen molar-refractivity contribution in [3.8, 4) is 0 Å². The second-order valence-corrected chi connectivity index (χ2v) is 8.14. The smallest absolute Gasteiger partial charge is 0.251 e. The van der Waals surface area contributed by atoms with Crippen LogP contribution in [-0.4, -0.2) is 45.2 Å². The Hall–Kier alpha value is -2.42. The van der Waals surface area contributed by atoms with Crippen molar-refractivity contribution in [1.29, 1.82) is 0 Å². The van der Waals surface area contributed by atoms with E-state index in [1.54, 1.807) is 24.3 Å². The molecule has 0 bridgehead atoms. The number of benzene rings is 2. The molecule has 0 heterocycles. The predicted molar refractivity (Wildman–Crippen MR) is 99.7 cm³/mol. The van der Waals surface area contributed by atoms with Crippen molar-refractivity contribution >= 4 is 39.1 Å². The number of hydrogen-bond acceptors (Lipinski definition) is 4. The maximum absolute atomic E-state index is 12.1. The summed E-state index contributed by atoms with van der Waals surface area (Å²) in [5.41, 5.74) is 0.772. The van der Waals surface area contributed by atoms with Gasteiger partial charge < -0.3 is 10.6 Å². The van der Waals surface area contributed by atoms with Crippen LogP contribution in [0.5, 0.6) is 0 Å². The second kappa shape index (κ2) is 8.31. The topological polar surface area (TPSA) is 95.6 Å². The first kappa shape index (κ1) is 19.9. The molecule has 9 heteroatoms. The van der Waals surface area contributed by atoms with E-state index in [0.717, 1.165) is 4.31 Å². The van der Waals surface area contributed by atoms with E-state index >= 15 is 0 Å². The molecule has 2 aromatic carbocycles. The van der Waals surface area contributed by atoms with Gasteiger partial charge in [-0.25, -0.2) is 12.7 Å². The fourth-order valence-electron chi connectivity index (χ4n) is 2.02. The molecule has 0 spiro atoms. The molecule has 0 aliphatic carbocycles. The lowest BCUT2D eigenvalue weighted by Crippen LogP contribution is -2.32. The number of carbonyl (C=O) groups is 2. The predicted octanol–water partition coefficient (Wildman–Crippen LogP) is 1.96. The highest BCUT2D eigenvalue weighted by atomic mass is 35.5. The van der Waals surface area contributed by atoms with E-state index in [0.29, 0.717) is 10.7 Å². The van der Waals surface area contributed by atoms with Gasteiger partial charge in [-0.1, -0.05) is 17.7 Å². The molecule has 0 atom stereocenters. The number of nitrogens with one attached hydrogen (secondary N) is 2. The van der Waals surface area contributed by atoms with Crippen LogP contribution in [0.25, 0.3) is 0 Å². The Morgan fingerprint density at radius 2 is 1.73 bits per heavy atom. The van der Waals surface area contributed by atoms with E-state index in [9.17, 15) is 18.0 Å². The zero-order valence-electron chi connectivity index (χ0n) is 14.2. The van der Waals surface area contributed by atoms with Gasteiger partial charge in [0.2, 0.25) is 15.9 Å². The van der Waals surface area contributed by atoms with Crippen molar-refractivity contribution < 1.29 is 18.0 Å². The fourth-order valence-corrected chi connectivity index (χ4v) is 3.12. The van der Waals surface area contributed by atoms with Gasteiger partial charge in [0.15, 0.2) is 0 Å². The third kappa shape index (κ3) is 5.04. The molecule has 0 aliphatic rings. The number of carbonyl (C=O) groups excluding carboxylic acids is 2. The lowest BCUT2D eigenvalue weighted by atomic mass is 10.2. The minimum absolute atomic E-state index is 0.0812. The van der Waals surface area contributed by atoms with E-state index in [2.05, 4.69) is 10.6 Å². The Bertz CT molecular complexity index is 912. The van der Waals surface area contributed by atoms with Crippen LogP contribution in [0, 0.1) is 0 Å². The average molecular weight is 396 g/mol. The van der Waals surface area contributed by atoms with Crippen molar-refractivity contribution in [2.45, 2.75) is 4.90 Å². The molecule has 2 N–H and O–H groups in total. The van der Waals surface area contributed by atoms with Crippen molar-refractivity contribution in [1.82, 2.24) is 9.62 Å². The summed E-state index contributed by atoms with van der Waals surface area (Å²) in [4.78, 5) is 24.0. The fraction of sp³-hybridized carbons (Fsp3) is 0.176. The van der Waals surface area contributed by atoms with Gasteiger partial charge in [0.05, 0.1) is 11.4 Å². The number of hydrogen-bond donors (Lipinski definition) is 2. The zero-order chi connectivity index (χ0) is 19.3. The first-order chi connectivity index (χ1) is 12.2. The van der Waals surface area contributed by atoms with Crippen molar-refractivity contribution in [2.75, 3.05) is 26.0 Å². The normalized spacial score (nSPS) is 11.2. The molecule has 0 unspecified atom stereocenters. The standard InChI is InChI=1S/C17H18ClN3O4S/c1-21(2)26(24,25)15-8-6-12(7-9-15)17(23)19-11-16(22)20-14-5-3-4-13(18)10-14/h3-10H,11H2,1-2H3,(H,19,23)(H,20,22). The summed E-state index contributed by atoms with van der Waals surface area (Å²) >= 11 is 5.83. The lowest BCUT2D eigenvalue weighted by molar-refractivity contribution is -0.115. The molecular formula is C17H18ClN3O4S. The summed E-state index contributed by atoms with van der Waals surface area (Å²) in [5, 5.41) is 5.56. The van der Waals surface area contributed by atoms with Gasteiger partial charge in [-0.3, -0.25) is 9.59 Å². The van der Waals surface area contributed by atoms with Crippen LogP contribution in [0.4, 0.5) is 5.69 Å². The van der Waals surface area contributed by atoms with Crippen LogP contribution in [0.3, 0.4) is 0 Å². The summed E-state index contributed by atoms with van der Waals surface area (Å²) in [6, 6.07) is 12.1. The highest BCUT2D eigenvalue weighted by Gasteiger charge is 2.17. The molecule has 0 aromatic heterocycles. The Labute approximate surface area is 157 Å². The SMILES string of the molecule is CN(C)S(=O)(=O)c1ccc(C(=O)NCC(=O)Nc2cccc(Cl)c2)cc1. The first-order valence-electron chi connectivity index (χ1n) is 7.56. The molecule has 0 saturated carbocycles. The number of rotatable bonds is 6.